The molecule has 2 rings (SSSR count). The van der Waals surface area contributed by atoms with Gasteiger partial charge in [0.2, 0.25) is 0 Å². The lowest BCUT2D eigenvalue weighted by Gasteiger charge is -2.30. The highest BCUT2D eigenvalue weighted by Crippen LogP contribution is 2.46. The van der Waals surface area contributed by atoms with Gasteiger partial charge in [-0.1, -0.05) is 51.8 Å². The van der Waals surface area contributed by atoms with E-state index in [9.17, 15) is 9.90 Å². The third-order valence-electron chi connectivity index (χ3n) is 6.28. The van der Waals surface area contributed by atoms with Crippen LogP contribution in [0.3, 0.4) is 0 Å². The number of carbonyl (C=O) groups is 1. The molecule has 4 nitrogen and oxygen atoms in total. The minimum Gasteiger partial charge on any atom is -0.478 e. The molecule has 160 valence electrons. The van der Waals surface area contributed by atoms with Gasteiger partial charge in [-0.15, -0.1) is 0 Å². The molecule has 0 radical (unpaired) electrons. The molecule has 28 heavy (non-hydrogen) atoms. The number of rotatable bonds is 13. The molecule has 2 bridgehead atoms. The molecule has 0 aromatic carbocycles. The van der Waals surface area contributed by atoms with E-state index in [0.29, 0.717) is 24.0 Å². The van der Waals surface area contributed by atoms with Gasteiger partial charge in [-0.2, -0.15) is 11.8 Å². The number of aliphatic hydroxyl groups is 1. The Bertz CT molecular complexity index is 543. The van der Waals surface area contributed by atoms with Gasteiger partial charge in [0.05, 0.1) is 18.3 Å². The molecule has 2 heterocycles. The minimum atomic E-state index is -0.880. The van der Waals surface area contributed by atoms with Crippen molar-refractivity contribution in [1.29, 1.82) is 0 Å². The van der Waals surface area contributed by atoms with Gasteiger partial charge < -0.3 is 14.9 Å². The number of unbranched alkanes of at least 4 members (excludes halogenated alkanes) is 1. The fourth-order valence-electron chi connectivity index (χ4n) is 4.45. The van der Waals surface area contributed by atoms with Crippen molar-refractivity contribution >= 4 is 17.7 Å². The first-order chi connectivity index (χ1) is 13.3. The SMILES string of the molecule is CCCCC(C)(C)C(O)/C=C/[C@H]1[C@@H](CCCSCC=CC(=O)O)[C@H]2CC[C@@H]1O2. The van der Waals surface area contributed by atoms with Gasteiger partial charge in [-0.05, 0) is 49.2 Å². The monoisotopic (exact) mass is 410 g/mol. The first kappa shape index (κ1) is 23.5. The first-order valence-electron chi connectivity index (χ1n) is 10.8. The molecule has 0 amide bonds. The van der Waals surface area contributed by atoms with E-state index < -0.39 is 12.1 Å². The fourth-order valence-corrected chi connectivity index (χ4v) is 5.22. The summed E-state index contributed by atoms with van der Waals surface area (Å²) in [5.41, 5.74) is -0.0827. The molecule has 2 N–H and O–H groups in total. The van der Waals surface area contributed by atoms with Crippen molar-refractivity contribution < 1.29 is 19.7 Å². The zero-order valence-electron chi connectivity index (χ0n) is 17.7. The predicted molar refractivity (Wildman–Crippen MR) is 117 cm³/mol. The smallest absolute Gasteiger partial charge is 0.328 e. The minimum absolute atomic E-state index is 0.0827. The lowest BCUT2D eigenvalue weighted by atomic mass is 9.75. The number of carboxylic acids is 1. The molecule has 0 spiro atoms. The number of thioether (sulfide) groups is 1. The molecular formula is C23H38O4S. The van der Waals surface area contributed by atoms with Gasteiger partial charge >= 0.3 is 5.97 Å². The topological polar surface area (TPSA) is 66.8 Å². The highest BCUT2D eigenvalue weighted by Gasteiger charge is 2.47. The molecular weight excluding hydrogens is 372 g/mol. The average Bonchev–Trinajstić information content (AvgIpc) is 3.25. The van der Waals surface area contributed by atoms with Crippen LogP contribution in [0.25, 0.3) is 0 Å². The van der Waals surface area contributed by atoms with E-state index in [4.69, 9.17) is 9.84 Å². The molecule has 0 aliphatic carbocycles. The predicted octanol–water partition coefficient (Wildman–Crippen LogP) is 5.07. The van der Waals surface area contributed by atoms with E-state index in [1.165, 1.54) is 12.5 Å². The molecule has 2 saturated heterocycles. The van der Waals surface area contributed by atoms with Crippen LogP contribution in [0, 0.1) is 17.3 Å². The normalized spacial score (nSPS) is 28.6. The maximum atomic E-state index is 10.7. The lowest BCUT2D eigenvalue weighted by Crippen LogP contribution is -2.29. The van der Waals surface area contributed by atoms with Gasteiger partial charge in [-0.3, -0.25) is 0 Å². The van der Waals surface area contributed by atoms with Crippen molar-refractivity contribution in [2.24, 2.45) is 17.3 Å². The van der Waals surface area contributed by atoms with Crippen LogP contribution in [0.4, 0.5) is 0 Å². The summed E-state index contributed by atoms with van der Waals surface area (Å²) >= 11 is 1.78. The second kappa shape index (κ2) is 11.4. The fraction of sp³-hybridized carbons (Fsp3) is 0.783. The summed E-state index contributed by atoms with van der Waals surface area (Å²) < 4.78 is 6.19. The van der Waals surface area contributed by atoms with Crippen molar-refractivity contribution in [2.75, 3.05) is 11.5 Å². The number of aliphatic hydroxyl groups excluding tert-OH is 1. The average molecular weight is 411 g/mol. The lowest BCUT2D eigenvalue weighted by molar-refractivity contribution is -0.131. The van der Waals surface area contributed by atoms with Crippen molar-refractivity contribution in [1.82, 2.24) is 0 Å². The third kappa shape index (κ3) is 6.93. The van der Waals surface area contributed by atoms with Gasteiger partial charge in [-0.25, -0.2) is 4.79 Å². The van der Waals surface area contributed by atoms with E-state index in [1.54, 1.807) is 17.8 Å². The van der Waals surface area contributed by atoms with Crippen LogP contribution < -0.4 is 0 Å². The molecule has 5 atom stereocenters. The maximum absolute atomic E-state index is 10.7. The van der Waals surface area contributed by atoms with Crippen molar-refractivity contribution in [3.63, 3.8) is 0 Å². The van der Waals surface area contributed by atoms with Crippen LogP contribution in [0.2, 0.25) is 0 Å². The Hall–Kier alpha value is -0.780. The summed E-state index contributed by atoms with van der Waals surface area (Å²) in [6, 6.07) is 0. The van der Waals surface area contributed by atoms with Crippen LogP contribution in [-0.4, -0.2) is 46.0 Å². The van der Waals surface area contributed by atoms with E-state index in [-0.39, 0.29) is 5.41 Å². The maximum Gasteiger partial charge on any atom is 0.328 e. The number of hydrogen-bond acceptors (Lipinski definition) is 4. The summed E-state index contributed by atoms with van der Waals surface area (Å²) in [6.45, 7) is 6.50. The van der Waals surface area contributed by atoms with Crippen LogP contribution in [-0.2, 0) is 9.53 Å². The Morgan fingerprint density at radius 3 is 2.75 bits per heavy atom. The summed E-state index contributed by atoms with van der Waals surface area (Å²) in [5, 5.41) is 19.3. The Morgan fingerprint density at radius 1 is 1.29 bits per heavy atom. The molecule has 5 heteroatoms. The molecule has 1 unspecified atom stereocenters. The number of hydrogen-bond donors (Lipinski definition) is 2. The summed E-state index contributed by atoms with van der Waals surface area (Å²) in [5.74, 6) is 1.89. The zero-order valence-corrected chi connectivity index (χ0v) is 18.5. The van der Waals surface area contributed by atoms with E-state index in [1.807, 2.05) is 6.08 Å². The summed E-state index contributed by atoms with van der Waals surface area (Å²) in [4.78, 5) is 10.5. The molecule has 0 aromatic heterocycles. The second-order valence-corrected chi connectivity index (χ2v) is 10.1. The van der Waals surface area contributed by atoms with Crippen molar-refractivity contribution in [2.45, 2.75) is 84.0 Å². The first-order valence-corrected chi connectivity index (χ1v) is 12.0. The zero-order chi connectivity index (χ0) is 20.6. The van der Waals surface area contributed by atoms with Crippen LogP contribution in [0.15, 0.2) is 24.3 Å². The quantitative estimate of drug-likeness (QED) is 0.252. The van der Waals surface area contributed by atoms with Crippen LogP contribution >= 0.6 is 11.8 Å². The third-order valence-corrected chi connectivity index (χ3v) is 7.28. The van der Waals surface area contributed by atoms with Crippen molar-refractivity contribution in [3.8, 4) is 0 Å². The van der Waals surface area contributed by atoms with E-state index in [0.717, 1.165) is 50.0 Å². The van der Waals surface area contributed by atoms with E-state index in [2.05, 4.69) is 26.8 Å². The van der Waals surface area contributed by atoms with Crippen LogP contribution in [0.1, 0.15) is 65.7 Å². The number of carboxylic acid groups (broad SMARTS) is 1. The second-order valence-electron chi connectivity index (χ2n) is 8.91. The number of ether oxygens (including phenoxy) is 1. The van der Waals surface area contributed by atoms with Crippen molar-refractivity contribution in [3.05, 3.63) is 24.3 Å². The largest absolute Gasteiger partial charge is 0.478 e. The molecule has 2 fully saturated rings. The summed E-state index contributed by atoms with van der Waals surface area (Å²) in [7, 11) is 0. The Balaban J connectivity index is 1.81. The van der Waals surface area contributed by atoms with Gasteiger partial charge in [0.15, 0.2) is 0 Å². The highest BCUT2D eigenvalue weighted by atomic mass is 32.2. The Labute approximate surface area is 174 Å². The molecule has 2 aliphatic rings. The standard InChI is InChI=1S/C23H38O4S/c1-4-5-14-23(2,3)21(24)13-10-18-17(19-11-12-20(18)27-19)8-6-15-28-16-7-9-22(25)26/h7,9-10,13,17-21,24H,4-6,8,11-12,14-16H2,1-3H3,(H,25,26)/b9-7?,13-10+/t17-,18+,19-,20+,21?/m1/s1. The van der Waals surface area contributed by atoms with E-state index >= 15 is 0 Å². The van der Waals surface area contributed by atoms with Crippen LogP contribution in [0.5, 0.6) is 0 Å². The Kier molecular flexibility index (Phi) is 9.58. The Morgan fingerprint density at radius 2 is 2.04 bits per heavy atom. The van der Waals surface area contributed by atoms with Gasteiger partial charge in [0, 0.05) is 17.7 Å². The summed E-state index contributed by atoms with van der Waals surface area (Å²) in [6.07, 6.45) is 15.4. The highest BCUT2D eigenvalue weighted by molar-refractivity contribution is 7.99. The van der Waals surface area contributed by atoms with Gasteiger partial charge in [0.1, 0.15) is 0 Å². The number of aliphatic carboxylic acids is 1. The molecule has 0 aromatic rings. The van der Waals surface area contributed by atoms with Gasteiger partial charge in [0.25, 0.3) is 0 Å². The number of fused-ring (bicyclic) bond motifs is 2. The molecule has 2 aliphatic heterocycles. The molecule has 0 saturated carbocycles.